The minimum absolute atomic E-state index is 0.358. The Morgan fingerprint density at radius 2 is 2.00 bits per heavy atom. The average molecular weight is 292 g/mol. The molecule has 2 rings (SSSR count). The van der Waals surface area contributed by atoms with Gasteiger partial charge < -0.3 is 0 Å². The number of hydrogen-bond acceptors (Lipinski definition) is 0. The summed E-state index contributed by atoms with van der Waals surface area (Å²) >= 11 is 0. The van der Waals surface area contributed by atoms with Crippen LogP contribution in [-0.2, 0) is 0 Å². The van der Waals surface area contributed by atoms with Crippen LogP contribution in [0.15, 0.2) is 24.3 Å². The van der Waals surface area contributed by atoms with E-state index in [0.29, 0.717) is 16.7 Å². The highest BCUT2D eigenvalue weighted by atomic mass is 19.1. The lowest BCUT2D eigenvalue weighted by Gasteiger charge is -2.58. The van der Waals surface area contributed by atoms with E-state index in [9.17, 15) is 4.39 Å². The van der Waals surface area contributed by atoms with Gasteiger partial charge in [-0.05, 0) is 73.7 Å². The van der Waals surface area contributed by atoms with E-state index in [4.69, 9.17) is 0 Å². The van der Waals surface area contributed by atoms with Gasteiger partial charge in [-0.15, -0.1) is 0 Å². The molecule has 2 saturated carbocycles. The van der Waals surface area contributed by atoms with Crippen LogP contribution in [0.5, 0.6) is 0 Å². The fraction of sp³-hybridized carbons (Fsp3) is 0.800. The molecule has 0 aliphatic heterocycles. The second-order valence-electron chi connectivity index (χ2n) is 8.46. The van der Waals surface area contributed by atoms with Gasteiger partial charge in [0.25, 0.3) is 0 Å². The molecule has 2 aliphatic rings. The fourth-order valence-electron chi connectivity index (χ4n) is 5.34. The molecule has 0 N–H and O–H groups in total. The summed E-state index contributed by atoms with van der Waals surface area (Å²) in [7, 11) is 0. The average Bonchev–Trinajstić information content (AvgIpc) is 2.36. The van der Waals surface area contributed by atoms with Gasteiger partial charge >= 0.3 is 0 Å². The lowest BCUT2D eigenvalue weighted by Crippen LogP contribution is -2.49. The SMILES string of the molecule is C=C(CC[C@H]1C(=C)CC[C@H]2C(C)(C)CCC[C@]12C)C(C)F. The van der Waals surface area contributed by atoms with Crippen molar-refractivity contribution in [3.8, 4) is 0 Å². The van der Waals surface area contributed by atoms with Gasteiger partial charge in [-0.25, -0.2) is 4.39 Å². The van der Waals surface area contributed by atoms with Gasteiger partial charge in [0.2, 0.25) is 0 Å². The summed E-state index contributed by atoms with van der Waals surface area (Å²) in [5, 5.41) is 0. The van der Waals surface area contributed by atoms with Crippen LogP contribution in [0.25, 0.3) is 0 Å². The first kappa shape index (κ1) is 16.8. The Morgan fingerprint density at radius 1 is 1.33 bits per heavy atom. The van der Waals surface area contributed by atoms with Gasteiger partial charge in [-0.2, -0.15) is 0 Å². The van der Waals surface area contributed by atoms with E-state index in [-0.39, 0.29) is 0 Å². The van der Waals surface area contributed by atoms with Crippen molar-refractivity contribution in [2.45, 2.75) is 78.8 Å². The number of allylic oxidation sites excluding steroid dienone is 2. The van der Waals surface area contributed by atoms with E-state index in [1.807, 2.05) is 0 Å². The van der Waals surface area contributed by atoms with Crippen molar-refractivity contribution in [1.82, 2.24) is 0 Å². The smallest absolute Gasteiger partial charge is 0.118 e. The van der Waals surface area contributed by atoms with E-state index in [1.54, 1.807) is 6.92 Å². The van der Waals surface area contributed by atoms with Gasteiger partial charge in [0, 0.05) is 0 Å². The molecule has 21 heavy (non-hydrogen) atoms. The van der Waals surface area contributed by atoms with E-state index >= 15 is 0 Å². The summed E-state index contributed by atoms with van der Waals surface area (Å²) in [5.74, 6) is 1.33. The lowest BCUT2D eigenvalue weighted by atomic mass is 9.47. The summed E-state index contributed by atoms with van der Waals surface area (Å²) in [4.78, 5) is 0. The predicted molar refractivity (Wildman–Crippen MR) is 90.0 cm³/mol. The number of rotatable bonds is 4. The highest BCUT2D eigenvalue weighted by Crippen LogP contribution is 2.61. The van der Waals surface area contributed by atoms with Gasteiger partial charge in [-0.3, -0.25) is 0 Å². The second-order valence-corrected chi connectivity index (χ2v) is 8.46. The molecule has 4 atom stereocenters. The zero-order chi connectivity index (χ0) is 15.8. The van der Waals surface area contributed by atoms with Crippen molar-refractivity contribution in [3.63, 3.8) is 0 Å². The molecule has 1 unspecified atom stereocenters. The van der Waals surface area contributed by atoms with Crippen LogP contribution in [0.2, 0.25) is 0 Å². The molecule has 0 nitrogen and oxygen atoms in total. The summed E-state index contributed by atoms with van der Waals surface area (Å²) < 4.78 is 13.4. The van der Waals surface area contributed by atoms with Crippen LogP contribution in [0.3, 0.4) is 0 Å². The number of hydrogen-bond donors (Lipinski definition) is 0. The molecule has 0 aromatic carbocycles. The highest BCUT2D eigenvalue weighted by Gasteiger charge is 2.52. The Hall–Kier alpha value is -0.590. The summed E-state index contributed by atoms with van der Waals surface area (Å²) in [5.41, 5.74) is 2.96. The van der Waals surface area contributed by atoms with Crippen molar-refractivity contribution in [2.75, 3.05) is 0 Å². The van der Waals surface area contributed by atoms with Gasteiger partial charge in [-0.1, -0.05) is 45.9 Å². The quantitative estimate of drug-likeness (QED) is 0.520. The Kier molecular flexibility index (Phi) is 4.71. The largest absolute Gasteiger partial charge is 0.243 e. The van der Waals surface area contributed by atoms with Crippen LogP contribution in [-0.4, -0.2) is 6.17 Å². The molecular weight excluding hydrogens is 259 g/mol. The predicted octanol–water partition coefficient (Wildman–Crippen LogP) is 6.48. The topological polar surface area (TPSA) is 0 Å². The van der Waals surface area contributed by atoms with Gasteiger partial charge in [0.1, 0.15) is 6.17 Å². The van der Waals surface area contributed by atoms with Crippen molar-refractivity contribution in [1.29, 1.82) is 0 Å². The Labute approximate surface area is 130 Å². The maximum Gasteiger partial charge on any atom is 0.118 e. The van der Waals surface area contributed by atoms with E-state index in [0.717, 1.165) is 30.8 Å². The molecule has 0 heterocycles. The van der Waals surface area contributed by atoms with Gasteiger partial charge in [0.15, 0.2) is 0 Å². The zero-order valence-corrected chi connectivity index (χ0v) is 14.5. The van der Waals surface area contributed by atoms with Crippen LogP contribution >= 0.6 is 0 Å². The Morgan fingerprint density at radius 3 is 2.62 bits per heavy atom. The van der Waals surface area contributed by atoms with Crippen molar-refractivity contribution < 1.29 is 4.39 Å². The summed E-state index contributed by atoms with van der Waals surface area (Å²) in [6.07, 6.45) is 7.39. The third kappa shape index (κ3) is 3.12. The first-order valence-corrected chi connectivity index (χ1v) is 8.68. The maximum absolute atomic E-state index is 13.4. The molecule has 2 fully saturated rings. The second kappa shape index (κ2) is 5.89. The normalized spacial score (nSPS) is 36.9. The minimum Gasteiger partial charge on any atom is -0.243 e. The molecule has 0 aromatic heterocycles. The Balaban J connectivity index is 2.17. The third-order valence-electron chi connectivity index (χ3n) is 6.64. The Bertz CT molecular complexity index is 418. The molecule has 0 bridgehead atoms. The molecule has 0 radical (unpaired) electrons. The standard InChI is InChI=1S/C20H33F/c1-14(16(3)21)8-10-17-15(2)9-11-18-19(4,5)12-7-13-20(17,18)6/h16-18H,1-2,7-13H2,3-6H3/t16?,17-,18-,20+/m0/s1. The highest BCUT2D eigenvalue weighted by molar-refractivity contribution is 5.16. The van der Waals surface area contributed by atoms with Crippen LogP contribution < -0.4 is 0 Å². The monoisotopic (exact) mass is 292 g/mol. The number of fused-ring (bicyclic) bond motifs is 1. The van der Waals surface area contributed by atoms with E-state index in [1.165, 1.54) is 31.3 Å². The van der Waals surface area contributed by atoms with Crippen molar-refractivity contribution in [2.24, 2.45) is 22.7 Å². The molecule has 120 valence electrons. The van der Waals surface area contributed by atoms with Crippen LogP contribution in [0.4, 0.5) is 4.39 Å². The molecule has 0 aromatic rings. The molecular formula is C20H33F. The van der Waals surface area contributed by atoms with E-state index in [2.05, 4.69) is 33.9 Å². The maximum atomic E-state index is 13.4. The zero-order valence-electron chi connectivity index (χ0n) is 14.5. The fourth-order valence-corrected chi connectivity index (χ4v) is 5.34. The van der Waals surface area contributed by atoms with Crippen molar-refractivity contribution >= 4 is 0 Å². The summed E-state index contributed by atoms with van der Waals surface area (Å²) in [6, 6.07) is 0. The first-order chi connectivity index (χ1) is 9.68. The first-order valence-electron chi connectivity index (χ1n) is 8.68. The number of halogens is 1. The minimum atomic E-state index is -0.881. The molecule has 1 heteroatoms. The van der Waals surface area contributed by atoms with Crippen LogP contribution in [0, 0.1) is 22.7 Å². The lowest BCUT2D eigenvalue weighted by molar-refractivity contribution is -0.0540. The number of alkyl halides is 1. The van der Waals surface area contributed by atoms with Crippen LogP contribution in [0.1, 0.15) is 72.6 Å². The van der Waals surface area contributed by atoms with E-state index < -0.39 is 6.17 Å². The molecule has 0 spiro atoms. The molecule has 0 amide bonds. The molecule has 0 saturated heterocycles. The van der Waals surface area contributed by atoms with Gasteiger partial charge in [0.05, 0.1) is 0 Å². The van der Waals surface area contributed by atoms with Crippen molar-refractivity contribution in [3.05, 3.63) is 24.3 Å². The molecule has 2 aliphatic carbocycles. The summed E-state index contributed by atoms with van der Waals surface area (Å²) in [6.45, 7) is 17.3. The third-order valence-corrected chi connectivity index (χ3v) is 6.64.